The zero-order chi connectivity index (χ0) is 6.10. The standard InChI is InChI=1S/C8H7N/c1-3-7(4-1)8-5-2-6-9-8/h1-6,9H. The monoisotopic (exact) mass is 117 g/mol. The number of allylic oxidation sites excluding steroid dienone is 4. The summed E-state index contributed by atoms with van der Waals surface area (Å²) < 4.78 is 0. The molecular weight excluding hydrogens is 110 g/mol. The summed E-state index contributed by atoms with van der Waals surface area (Å²) >= 11 is 0. The maximum absolute atomic E-state index is 3.12. The van der Waals surface area contributed by atoms with Crippen LogP contribution in [0.1, 0.15) is 5.69 Å². The predicted molar refractivity (Wildman–Crippen MR) is 37.9 cm³/mol. The van der Waals surface area contributed by atoms with Crippen molar-refractivity contribution in [1.29, 1.82) is 0 Å². The Morgan fingerprint density at radius 1 is 1.33 bits per heavy atom. The first-order valence-corrected chi connectivity index (χ1v) is 2.99. The lowest BCUT2D eigenvalue weighted by atomic mass is 10.1. The molecule has 0 spiro atoms. The highest BCUT2D eigenvalue weighted by molar-refractivity contribution is 5.79. The first kappa shape index (κ1) is 4.62. The van der Waals surface area contributed by atoms with E-state index >= 15 is 0 Å². The van der Waals surface area contributed by atoms with E-state index in [0.29, 0.717) is 0 Å². The maximum atomic E-state index is 3.12. The minimum Gasteiger partial charge on any atom is -0.361 e. The van der Waals surface area contributed by atoms with Crippen LogP contribution in [0.4, 0.5) is 0 Å². The zero-order valence-corrected chi connectivity index (χ0v) is 4.96. The van der Waals surface area contributed by atoms with E-state index in [1.165, 1.54) is 11.3 Å². The van der Waals surface area contributed by atoms with Crippen LogP contribution in [0.5, 0.6) is 0 Å². The number of hydrogen-bond donors (Lipinski definition) is 1. The van der Waals surface area contributed by atoms with E-state index < -0.39 is 0 Å². The minimum absolute atomic E-state index is 1.21. The van der Waals surface area contributed by atoms with E-state index in [4.69, 9.17) is 0 Å². The number of aromatic nitrogens is 1. The molecule has 0 aliphatic heterocycles. The Kier molecular flexibility index (Phi) is 0.833. The minimum atomic E-state index is 1.21. The highest BCUT2D eigenvalue weighted by Gasteiger charge is 1.99. The molecule has 0 saturated carbocycles. The summed E-state index contributed by atoms with van der Waals surface area (Å²) in [6.07, 6.45) is 8.15. The van der Waals surface area contributed by atoms with E-state index in [-0.39, 0.29) is 0 Å². The third-order valence-electron chi connectivity index (χ3n) is 1.46. The molecule has 0 fully saturated rings. The van der Waals surface area contributed by atoms with Crippen molar-refractivity contribution in [2.45, 2.75) is 0 Å². The Balaban J connectivity index is 2.35. The molecule has 1 heteroatoms. The number of aromatic amines is 1. The van der Waals surface area contributed by atoms with Gasteiger partial charge in [-0.25, -0.2) is 0 Å². The molecule has 0 unspecified atom stereocenters. The van der Waals surface area contributed by atoms with Gasteiger partial charge in [0.2, 0.25) is 0 Å². The number of rotatable bonds is 1. The normalized spacial score (nSPS) is 14.9. The van der Waals surface area contributed by atoms with Crippen LogP contribution >= 0.6 is 0 Å². The van der Waals surface area contributed by atoms with Gasteiger partial charge in [0.25, 0.3) is 0 Å². The second-order valence-corrected chi connectivity index (χ2v) is 2.06. The first-order chi connectivity index (χ1) is 4.47. The quantitative estimate of drug-likeness (QED) is 0.578. The van der Waals surface area contributed by atoms with Crippen molar-refractivity contribution in [3.63, 3.8) is 0 Å². The highest BCUT2D eigenvalue weighted by atomic mass is 14.7. The number of nitrogens with one attached hydrogen (secondary N) is 1. The molecule has 1 aliphatic carbocycles. The number of hydrogen-bond acceptors (Lipinski definition) is 0. The van der Waals surface area contributed by atoms with Gasteiger partial charge in [-0.2, -0.15) is 0 Å². The van der Waals surface area contributed by atoms with Crippen LogP contribution in [-0.2, 0) is 0 Å². The molecule has 1 heterocycles. The van der Waals surface area contributed by atoms with Crippen LogP contribution < -0.4 is 0 Å². The average Bonchev–Trinajstić information content (AvgIpc) is 2.11. The Labute approximate surface area is 53.7 Å². The fourth-order valence-electron chi connectivity index (χ4n) is 0.882. The van der Waals surface area contributed by atoms with E-state index in [1.54, 1.807) is 0 Å². The molecule has 0 radical (unpaired) electrons. The van der Waals surface area contributed by atoms with Gasteiger partial charge in [0.05, 0.1) is 0 Å². The fraction of sp³-hybridized carbons (Fsp3) is 0. The van der Waals surface area contributed by atoms with Crippen LogP contribution in [0.2, 0.25) is 0 Å². The lowest BCUT2D eigenvalue weighted by Gasteiger charge is -2.02. The molecule has 0 atom stereocenters. The summed E-state index contributed by atoms with van der Waals surface area (Å²) in [5, 5.41) is 0. The predicted octanol–water partition coefficient (Wildman–Crippen LogP) is 1.97. The van der Waals surface area contributed by atoms with Gasteiger partial charge in [0.1, 0.15) is 0 Å². The summed E-state index contributed by atoms with van der Waals surface area (Å²) in [6, 6.07) is 4.07. The van der Waals surface area contributed by atoms with Crippen LogP contribution in [0, 0.1) is 0 Å². The molecule has 1 aromatic heterocycles. The first-order valence-electron chi connectivity index (χ1n) is 2.99. The van der Waals surface area contributed by atoms with Crippen molar-refractivity contribution < 1.29 is 0 Å². The third kappa shape index (κ3) is 0.617. The molecule has 1 aliphatic rings. The van der Waals surface area contributed by atoms with Crippen molar-refractivity contribution >= 4 is 5.57 Å². The molecule has 1 nitrogen and oxygen atoms in total. The fourth-order valence-corrected chi connectivity index (χ4v) is 0.882. The summed E-state index contributed by atoms with van der Waals surface area (Å²) in [6.45, 7) is 0. The Bertz CT molecular complexity index is 252. The molecule has 0 saturated heterocycles. The second kappa shape index (κ2) is 1.62. The summed E-state index contributed by atoms with van der Waals surface area (Å²) in [5.74, 6) is 0. The van der Waals surface area contributed by atoms with Gasteiger partial charge in [0.15, 0.2) is 0 Å². The molecule has 0 bridgehead atoms. The smallest absolute Gasteiger partial charge is 0.0453 e. The lowest BCUT2D eigenvalue weighted by Crippen LogP contribution is -1.84. The molecular formula is C8H7N. The summed E-state index contributed by atoms with van der Waals surface area (Å²) in [5.41, 5.74) is 2.50. The van der Waals surface area contributed by atoms with E-state index in [2.05, 4.69) is 23.2 Å². The number of H-pyrrole nitrogens is 1. The van der Waals surface area contributed by atoms with Crippen molar-refractivity contribution in [3.05, 3.63) is 42.3 Å². The highest BCUT2D eigenvalue weighted by Crippen LogP contribution is 2.19. The molecule has 1 aromatic rings. The van der Waals surface area contributed by atoms with Gasteiger partial charge in [0, 0.05) is 11.9 Å². The van der Waals surface area contributed by atoms with Crippen LogP contribution in [0.15, 0.2) is 36.6 Å². The van der Waals surface area contributed by atoms with Crippen LogP contribution in [0.3, 0.4) is 0 Å². The van der Waals surface area contributed by atoms with E-state index in [9.17, 15) is 0 Å². The largest absolute Gasteiger partial charge is 0.361 e. The molecule has 0 amide bonds. The van der Waals surface area contributed by atoms with Gasteiger partial charge < -0.3 is 4.98 Å². The van der Waals surface area contributed by atoms with Crippen molar-refractivity contribution in [1.82, 2.24) is 4.98 Å². The van der Waals surface area contributed by atoms with Gasteiger partial charge >= 0.3 is 0 Å². The zero-order valence-electron chi connectivity index (χ0n) is 4.96. The van der Waals surface area contributed by atoms with Gasteiger partial charge in [-0.05, 0) is 17.7 Å². The third-order valence-corrected chi connectivity index (χ3v) is 1.46. The molecule has 9 heavy (non-hydrogen) atoms. The van der Waals surface area contributed by atoms with Gasteiger partial charge in [-0.3, -0.25) is 0 Å². The van der Waals surface area contributed by atoms with Gasteiger partial charge in [-0.15, -0.1) is 0 Å². The SMILES string of the molecule is C1=CC(c2ccc[nH]2)=C1. The van der Waals surface area contributed by atoms with E-state index in [1.807, 2.05) is 18.3 Å². The summed E-state index contributed by atoms with van der Waals surface area (Å²) in [4.78, 5) is 3.12. The maximum Gasteiger partial charge on any atom is 0.0453 e. The second-order valence-electron chi connectivity index (χ2n) is 2.06. The molecule has 44 valence electrons. The molecule has 1 N–H and O–H groups in total. The van der Waals surface area contributed by atoms with Crippen LogP contribution in [-0.4, -0.2) is 4.98 Å². The average molecular weight is 117 g/mol. The van der Waals surface area contributed by atoms with Crippen molar-refractivity contribution in [3.8, 4) is 0 Å². The van der Waals surface area contributed by atoms with Crippen molar-refractivity contribution in [2.24, 2.45) is 0 Å². The van der Waals surface area contributed by atoms with Gasteiger partial charge in [-0.1, -0.05) is 18.2 Å². The Hall–Kier alpha value is -1.24. The molecule has 0 aromatic carbocycles. The summed E-state index contributed by atoms with van der Waals surface area (Å²) in [7, 11) is 0. The topological polar surface area (TPSA) is 15.8 Å². The Morgan fingerprint density at radius 2 is 2.22 bits per heavy atom. The lowest BCUT2D eigenvalue weighted by molar-refractivity contribution is 1.35. The van der Waals surface area contributed by atoms with Crippen LogP contribution in [0.25, 0.3) is 5.57 Å². The van der Waals surface area contributed by atoms with Crippen molar-refractivity contribution in [2.75, 3.05) is 0 Å². The molecule has 2 rings (SSSR count). The Morgan fingerprint density at radius 3 is 2.67 bits per heavy atom. The van der Waals surface area contributed by atoms with E-state index in [0.717, 1.165) is 0 Å².